The van der Waals surface area contributed by atoms with E-state index in [2.05, 4.69) is 10.2 Å². The van der Waals surface area contributed by atoms with Gasteiger partial charge in [0.25, 0.3) is 0 Å². The number of aliphatic carboxylic acids is 1. The van der Waals surface area contributed by atoms with Gasteiger partial charge in [-0.25, -0.2) is 0 Å². The molecule has 0 amide bonds. The summed E-state index contributed by atoms with van der Waals surface area (Å²) in [6.07, 6.45) is 0. The number of aliphatic hydroxyl groups excluding tert-OH is 1. The van der Waals surface area contributed by atoms with Crippen molar-refractivity contribution >= 4 is 17.7 Å². The first-order chi connectivity index (χ1) is 9.61. The van der Waals surface area contributed by atoms with Crippen LogP contribution in [0.4, 0.5) is 0 Å². The second kappa shape index (κ2) is 6.53. The highest BCUT2D eigenvalue weighted by atomic mass is 32.2. The molecule has 0 aliphatic heterocycles. The van der Waals surface area contributed by atoms with Gasteiger partial charge in [0.15, 0.2) is 11.0 Å². The molecule has 1 aromatic heterocycles. The van der Waals surface area contributed by atoms with Crippen molar-refractivity contribution in [3.05, 3.63) is 41.2 Å². The van der Waals surface area contributed by atoms with E-state index in [9.17, 15) is 9.90 Å². The van der Waals surface area contributed by atoms with Crippen LogP contribution in [0.15, 0.2) is 29.4 Å². The smallest absolute Gasteiger partial charge is 0.313 e. The highest BCUT2D eigenvalue weighted by Gasteiger charge is 2.14. The standard InChI is InChI=1S/C13H15N3O3S/c1-9-4-2-3-5-10(9)6-16-11(7-17)14-15-13(16)20-8-12(18)19/h2-5,17H,6-8H2,1H3,(H,18,19). The fourth-order valence-corrected chi connectivity index (χ4v) is 2.46. The van der Waals surface area contributed by atoms with Crippen molar-refractivity contribution in [2.24, 2.45) is 0 Å². The summed E-state index contributed by atoms with van der Waals surface area (Å²) in [5.74, 6) is -0.565. The fourth-order valence-electron chi connectivity index (χ4n) is 1.79. The number of nitrogens with zero attached hydrogens (tertiary/aromatic N) is 3. The van der Waals surface area contributed by atoms with E-state index in [1.54, 1.807) is 4.57 Å². The van der Waals surface area contributed by atoms with Crippen molar-refractivity contribution in [1.82, 2.24) is 14.8 Å². The molecule has 0 aliphatic rings. The molecule has 2 aromatic rings. The zero-order valence-electron chi connectivity index (χ0n) is 11.0. The van der Waals surface area contributed by atoms with Gasteiger partial charge in [-0.15, -0.1) is 10.2 Å². The Morgan fingerprint density at radius 2 is 2.10 bits per heavy atom. The number of aliphatic hydroxyl groups is 1. The van der Waals surface area contributed by atoms with Crippen LogP contribution in [-0.2, 0) is 17.9 Å². The summed E-state index contributed by atoms with van der Waals surface area (Å²) in [6.45, 7) is 2.28. The molecule has 2 rings (SSSR count). The van der Waals surface area contributed by atoms with Gasteiger partial charge in [-0.3, -0.25) is 9.36 Å². The number of thioether (sulfide) groups is 1. The van der Waals surface area contributed by atoms with E-state index in [1.165, 1.54) is 0 Å². The summed E-state index contributed by atoms with van der Waals surface area (Å²) in [4.78, 5) is 10.6. The predicted octanol–water partition coefficient (Wildman–Crippen LogP) is 1.30. The van der Waals surface area contributed by atoms with Crippen molar-refractivity contribution in [2.45, 2.75) is 25.2 Å². The quantitative estimate of drug-likeness (QED) is 0.781. The first-order valence-corrected chi connectivity index (χ1v) is 7.02. The molecular formula is C13H15N3O3S. The molecular weight excluding hydrogens is 278 g/mol. The fraction of sp³-hybridized carbons (Fsp3) is 0.308. The minimum Gasteiger partial charge on any atom is -0.481 e. The Labute approximate surface area is 120 Å². The molecule has 20 heavy (non-hydrogen) atoms. The third-order valence-corrected chi connectivity index (χ3v) is 3.80. The number of aromatic nitrogens is 3. The van der Waals surface area contributed by atoms with Gasteiger partial charge in [0, 0.05) is 0 Å². The number of carbonyl (C=O) groups is 1. The Kier molecular flexibility index (Phi) is 4.75. The van der Waals surface area contributed by atoms with Gasteiger partial charge in [0.05, 0.1) is 12.3 Å². The summed E-state index contributed by atoms with van der Waals surface area (Å²) in [5.41, 5.74) is 2.21. The minimum absolute atomic E-state index is 0.0860. The molecule has 0 bridgehead atoms. The number of hydrogen-bond donors (Lipinski definition) is 2. The second-order valence-electron chi connectivity index (χ2n) is 4.25. The van der Waals surface area contributed by atoms with Crippen LogP contribution in [0.3, 0.4) is 0 Å². The number of carboxylic acids is 1. The van der Waals surface area contributed by atoms with Gasteiger partial charge < -0.3 is 10.2 Å². The SMILES string of the molecule is Cc1ccccc1Cn1c(CO)nnc1SCC(=O)O. The van der Waals surface area contributed by atoms with E-state index in [0.29, 0.717) is 17.5 Å². The molecule has 106 valence electrons. The topological polar surface area (TPSA) is 88.2 Å². The van der Waals surface area contributed by atoms with Crippen molar-refractivity contribution in [3.63, 3.8) is 0 Å². The van der Waals surface area contributed by atoms with Crippen LogP contribution in [0.5, 0.6) is 0 Å². The van der Waals surface area contributed by atoms with Crippen molar-refractivity contribution < 1.29 is 15.0 Å². The van der Waals surface area contributed by atoms with Gasteiger partial charge in [0.1, 0.15) is 6.61 Å². The lowest BCUT2D eigenvalue weighted by Crippen LogP contribution is -2.09. The molecule has 1 heterocycles. The molecule has 6 nitrogen and oxygen atoms in total. The first-order valence-electron chi connectivity index (χ1n) is 6.04. The molecule has 2 N–H and O–H groups in total. The molecule has 0 aliphatic carbocycles. The van der Waals surface area contributed by atoms with Crippen molar-refractivity contribution in [1.29, 1.82) is 0 Å². The normalized spacial score (nSPS) is 10.7. The molecule has 0 spiro atoms. The minimum atomic E-state index is -0.911. The summed E-state index contributed by atoms with van der Waals surface area (Å²) in [6, 6.07) is 7.89. The van der Waals surface area contributed by atoms with Gasteiger partial charge in [-0.05, 0) is 18.1 Å². The molecule has 0 radical (unpaired) electrons. The maximum atomic E-state index is 10.6. The molecule has 7 heteroatoms. The lowest BCUT2D eigenvalue weighted by Gasteiger charge is -2.10. The number of rotatable bonds is 6. The van der Waals surface area contributed by atoms with Gasteiger partial charge in [-0.2, -0.15) is 0 Å². The van der Waals surface area contributed by atoms with E-state index in [-0.39, 0.29) is 12.4 Å². The average molecular weight is 293 g/mol. The first kappa shape index (κ1) is 14.5. The maximum Gasteiger partial charge on any atom is 0.313 e. The van der Waals surface area contributed by atoms with Crippen molar-refractivity contribution in [2.75, 3.05) is 5.75 Å². The molecule has 0 saturated carbocycles. The van der Waals surface area contributed by atoms with E-state index in [0.717, 1.165) is 22.9 Å². The van der Waals surface area contributed by atoms with E-state index >= 15 is 0 Å². The zero-order valence-corrected chi connectivity index (χ0v) is 11.8. The zero-order chi connectivity index (χ0) is 14.5. The Balaban J connectivity index is 2.27. The summed E-state index contributed by atoms with van der Waals surface area (Å²) in [7, 11) is 0. The van der Waals surface area contributed by atoms with Crippen LogP contribution in [0.25, 0.3) is 0 Å². The Hall–Kier alpha value is -1.86. The monoisotopic (exact) mass is 293 g/mol. The van der Waals surface area contributed by atoms with Crippen molar-refractivity contribution in [3.8, 4) is 0 Å². The summed E-state index contributed by atoms with van der Waals surface area (Å²) >= 11 is 1.10. The summed E-state index contributed by atoms with van der Waals surface area (Å²) in [5, 5.41) is 26.4. The number of aryl methyl sites for hydroxylation is 1. The highest BCUT2D eigenvalue weighted by Crippen LogP contribution is 2.19. The number of hydrogen-bond acceptors (Lipinski definition) is 5. The van der Waals surface area contributed by atoms with E-state index in [1.807, 2.05) is 31.2 Å². The average Bonchev–Trinajstić information content (AvgIpc) is 2.81. The molecule has 0 saturated heterocycles. The molecule has 0 fully saturated rings. The second-order valence-corrected chi connectivity index (χ2v) is 5.19. The van der Waals surface area contributed by atoms with Crippen LogP contribution in [-0.4, -0.2) is 36.7 Å². The third kappa shape index (κ3) is 3.37. The number of benzene rings is 1. The Morgan fingerprint density at radius 3 is 2.75 bits per heavy atom. The maximum absolute atomic E-state index is 10.6. The Morgan fingerprint density at radius 1 is 1.35 bits per heavy atom. The lowest BCUT2D eigenvalue weighted by molar-refractivity contribution is -0.133. The van der Waals surface area contributed by atoms with Crippen LogP contribution >= 0.6 is 11.8 Å². The summed E-state index contributed by atoms with van der Waals surface area (Å²) < 4.78 is 1.75. The van der Waals surface area contributed by atoms with Gasteiger partial charge in [0.2, 0.25) is 0 Å². The predicted molar refractivity (Wildman–Crippen MR) is 74.6 cm³/mol. The van der Waals surface area contributed by atoms with Crippen LogP contribution in [0.2, 0.25) is 0 Å². The number of carboxylic acid groups (broad SMARTS) is 1. The van der Waals surface area contributed by atoms with E-state index in [4.69, 9.17) is 5.11 Å². The van der Waals surface area contributed by atoms with Crippen LogP contribution in [0, 0.1) is 6.92 Å². The van der Waals surface area contributed by atoms with Gasteiger partial charge >= 0.3 is 5.97 Å². The van der Waals surface area contributed by atoms with Crippen LogP contribution < -0.4 is 0 Å². The lowest BCUT2D eigenvalue weighted by atomic mass is 10.1. The van der Waals surface area contributed by atoms with E-state index < -0.39 is 5.97 Å². The van der Waals surface area contributed by atoms with Gasteiger partial charge in [-0.1, -0.05) is 36.0 Å². The molecule has 0 unspecified atom stereocenters. The largest absolute Gasteiger partial charge is 0.481 e. The Bertz CT molecular complexity index is 613. The molecule has 0 atom stereocenters. The third-order valence-electron chi connectivity index (χ3n) is 2.85. The highest BCUT2D eigenvalue weighted by molar-refractivity contribution is 7.99. The molecule has 1 aromatic carbocycles. The van der Waals surface area contributed by atoms with Crippen LogP contribution in [0.1, 0.15) is 17.0 Å².